The zero-order valence-electron chi connectivity index (χ0n) is 9.63. The van der Waals surface area contributed by atoms with Crippen LogP contribution in [0.2, 0.25) is 0 Å². The molecule has 0 amide bonds. The maximum absolute atomic E-state index is 10.1. The van der Waals surface area contributed by atoms with Gasteiger partial charge in [0.2, 0.25) is 6.08 Å². The van der Waals surface area contributed by atoms with Crippen LogP contribution < -0.4 is 0 Å². The van der Waals surface area contributed by atoms with Gasteiger partial charge in [-0.3, -0.25) is 0 Å². The molecule has 2 rings (SSSR count). The Bertz CT molecular complexity index is 536. The molecule has 0 fully saturated rings. The Labute approximate surface area is 99.6 Å². The Morgan fingerprint density at radius 3 is 2.82 bits per heavy atom. The molecule has 0 spiro atoms. The smallest absolute Gasteiger partial charge is 0.235 e. The molecule has 17 heavy (non-hydrogen) atoms. The first-order valence-electron chi connectivity index (χ1n) is 5.38. The lowest BCUT2D eigenvalue weighted by Gasteiger charge is -2.06. The van der Waals surface area contributed by atoms with Gasteiger partial charge >= 0.3 is 0 Å². The van der Waals surface area contributed by atoms with Crippen LogP contribution in [0.15, 0.2) is 41.8 Å². The number of carbonyl (C=O) groups excluding carboxylic acids is 1. The molecule has 0 radical (unpaired) electrons. The molecule has 0 aliphatic carbocycles. The molecule has 0 saturated heterocycles. The summed E-state index contributed by atoms with van der Waals surface area (Å²) in [6, 6.07) is 8.33. The Balaban J connectivity index is 2.15. The van der Waals surface area contributed by atoms with Gasteiger partial charge in [-0.25, -0.2) is 9.78 Å². The molecule has 1 heterocycles. The second-order valence-corrected chi connectivity index (χ2v) is 3.91. The van der Waals surface area contributed by atoms with E-state index in [0.29, 0.717) is 6.54 Å². The van der Waals surface area contributed by atoms with Gasteiger partial charge in [-0.05, 0) is 12.5 Å². The molecule has 0 aliphatic heterocycles. The van der Waals surface area contributed by atoms with Crippen molar-refractivity contribution in [2.24, 2.45) is 4.99 Å². The van der Waals surface area contributed by atoms with Crippen LogP contribution in [-0.4, -0.2) is 15.6 Å². The summed E-state index contributed by atoms with van der Waals surface area (Å²) >= 11 is 0. The molecule has 2 aromatic rings. The van der Waals surface area contributed by atoms with E-state index in [9.17, 15) is 4.79 Å². The predicted octanol–water partition coefficient (Wildman–Crippen LogP) is 2.08. The summed E-state index contributed by atoms with van der Waals surface area (Å²) in [5.41, 5.74) is 3.35. The highest BCUT2D eigenvalue weighted by Crippen LogP contribution is 2.08. The van der Waals surface area contributed by atoms with E-state index in [-0.39, 0.29) is 0 Å². The van der Waals surface area contributed by atoms with Gasteiger partial charge in [0.15, 0.2) is 0 Å². The van der Waals surface area contributed by atoms with Crippen molar-refractivity contribution in [2.45, 2.75) is 20.0 Å². The maximum atomic E-state index is 10.1. The largest absolute Gasteiger partial charge is 0.328 e. The molecule has 0 N–H and O–H groups in total. The second-order valence-electron chi connectivity index (χ2n) is 3.91. The third-order valence-corrected chi connectivity index (χ3v) is 2.58. The lowest BCUT2D eigenvalue weighted by Crippen LogP contribution is -2.02. The number of isocyanates is 1. The average Bonchev–Trinajstić information content (AvgIpc) is 2.77. The van der Waals surface area contributed by atoms with E-state index < -0.39 is 0 Å². The van der Waals surface area contributed by atoms with Crippen molar-refractivity contribution >= 4 is 6.08 Å². The normalized spacial score (nSPS) is 9.94. The molecule has 0 unspecified atom stereocenters. The highest BCUT2D eigenvalue weighted by atomic mass is 16.1. The van der Waals surface area contributed by atoms with Crippen LogP contribution in [0.3, 0.4) is 0 Å². The number of benzene rings is 1. The number of rotatable bonds is 4. The second kappa shape index (κ2) is 5.23. The molecule has 4 heteroatoms. The molecule has 1 aromatic carbocycles. The van der Waals surface area contributed by atoms with Gasteiger partial charge in [-0.1, -0.05) is 29.8 Å². The summed E-state index contributed by atoms with van der Waals surface area (Å²) in [6.07, 6.45) is 5.00. The molecular formula is C13H13N3O. The van der Waals surface area contributed by atoms with Crippen molar-refractivity contribution in [1.82, 2.24) is 9.55 Å². The van der Waals surface area contributed by atoms with Crippen molar-refractivity contribution in [1.29, 1.82) is 0 Å². The fourth-order valence-electron chi connectivity index (χ4n) is 1.63. The molecule has 4 nitrogen and oxygen atoms in total. The van der Waals surface area contributed by atoms with Crippen molar-refractivity contribution in [3.63, 3.8) is 0 Å². The van der Waals surface area contributed by atoms with E-state index in [2.05, 4.69) is 41.2 Å². The Hall–Kier alpha value is -2.19. The Kier molecular flexibility index (Phi) is 3.48. The number of aliphatic imine (C=N–C) groups is 1. The first-order chi connectivity index (χ1) is 8.29. The lowest BCUT2D eigenvalue weighted by atomic mass is 10.1. The van der Waals surface area contributed by atoms with Gasteiger partial charge in [0, 0.05) is 6.54 Å². The third-order valence-electron chi connectivity index (χ3n) is 2.58. The van der Waals surface area contributed by atoms with Gasteiger partial charge in [0.05, 0.1) is 24.8 Å². The van der Waals surface area contributed by atoms with E-state index in [1.807, 2.05) is 4.57 Å². The van der Waals surface area contributed by atoms with Crippen LogP contribution in [0, 0.1) is 6.92 Å². The average molecular weight is 227 g/mol. The number of aryl methyl sites for hydroxylation is 1. The van der Waals surface area contributed by atoms with Crippen molar-refractivity contribution in [3.8, 4) is 0 Å². The van der Waals surface area contributed by atoms with E-state index in [4.69, 9.17) is 0 Å². The van der Waals surface area contributed by atoms with Crippen LogP contribution in [0.5, 0.6) is 0 Å². The highest BCUT2D eigenvalue weighted by Gasteiger charge is 2.02. The van der Waals surface area contributed by atoms with Crippen molar-refractivity contribution < 1.29 is 4.79 Å². The number of nitrogens with zero attached hydrogens (tertiary/aromatic N) is 3. The van der Waals surface area contributed by atoms with Crippen molar-refractivity contribution in [2.75, 3.05) is 0 Å². The Morgan fingerprint density at radius 2 is 2.12 bits per heavy atom. The zero-order chi connectivity index (χ0) is 12.1. The van der Waals surface area contributed by atoms with Crippen LogP contribution in [0.25, 0.3) is 0 Å². The standard InChI is InChI=1S/C13H13N3O/c1-11-2-4-12(5-3-11)8-16-9-14-6-13(16)7-15-10-17/h2-6,9H,7-8H2,1H3. The lowest BCUT2D eigenvalue weighted by molar-refractivity contribution is 0.562. The molecule has 1 aromatic heterocycles. The third kappa shape index (κ3) is 2.89. The molecule has 0 bridgehead atoms. The van der Waals surface area contributed by atoms with Gasteiger partial charge in [0.1, 0.15) is 0 Å². The van der Waals surface area contributed by atoms with Crippen LogP contribution in [0.1, 0.15) is 16.8 Å². The van der Waals surface area contributed by atoms with E-state index in [1.165, 1.54) is 17.2 Å². The fraction of sp³-hybridized carbons (Fsp3) is 0.231. The maximum Gasteiger partial charge on any atom is 0.235 e. The van der Waals surface area contributed by atoms with Crippen LogP contribution in [0.4, 0.5) is 0 Å². The van der Waals surface area contributed by atoms with Crippen molar-refractivity contribution in [3.05, 3.63) is 53.6 Å². The summed E-state index contributed by atoms with van der Waals surface area (Å²) in [5, 5.41) is 0. The molecule has 0 atom stereocenters. The molecular weight excluding hydrogens is 214 g/mol. The minimum absolute atomic E-state index is 0.329. The van der Waals surface area contributed by atoms with Gasteiger partial charge in [-0.15, -0.1) is 0 Å². The first-order valence-corrected chi connectivity index (χ1v) is 5.38. The summed E-state index contributed by atoms with van der Waals surface area (Å²) in [7, 11) is 0. The highest BCUT2D eigenvalue weighted by molar-refractivity contribution is 5.33. The monoisotopic (exact) mass is 227 g/mol. The van der Waals surface area contributed by atoms with Gasteiger partial charge in [0.25, 0.3) is 0 Å². The van der Waals surface area contributed by atoms with Gasteiger partial charge in [-0.2, -0.15) is 4.99 Å². The molecule has 86 valence electrons. The SMILES string of the molecule is Cc1ccc(Cn2cncc2CN=C=O)cc1. The summed E-state index contributed by atoms with van der Waals surface area (Å²) in [6.45, 7) is 3.13. The van der Waals surface area contributed by atoms with Crippen LogP contribution in [-0.2, 0) is 17.9 Å². The predicted molar refractivity (Wildman–Crippen MR) is 64.3 cm³/mol. The molecule has 0 saturated carbocycles. The van der Waals surface area contributed by atoms with E-state index in [1.54, 1.807) is 12.5 Å². The number of imidazole rings is 1. The Morgan fingerprint density at radius 1 is 1.35 bits per heavy atom. The minimum atomic E-state index is 0.329. The topological polar surface area (TPSA) is 47.2 Å². The van der Waals surface area contributed by atoms with Gasteiger partial charge < -0.3 is 4.57 Å². The zero-order valence-corrected chi connectivity index (χ0v) is 9.63. The number of aromatic nitrogens is 2. The van der Waals surface area contributed by atoms with E-state index in [0.717, 1.165) is 12.2 Å². The summed E-state index contributed by atoms with van der Waals surface area (Å²) in [5.74, 6) is 0. The number of hydrogen-bond donors (Lipinski definition) is 0. The quantitative estimate of drug-likeness (QED) is 0.593. The fourth-order valence-corrected chi connectivity index (χ4v) is 1.63. The van der Waals surface area contributed by atoms with E-state index >= 15 is 0 Å². The summed E-state index contributed by atoms with van der Waals surface area (Å²) < 4.78 is 1.98. The van der Waals surface area contributed by atoms with Crippen LogP contribution >= 0.6 is 0 Å². The first kappa shape index (κ1) is 11.3. The molecule has 0 aliphatic rings. The minimum Gasteiger partial charge on any atom is -0.328 e. The number of hydrogen-bond acceptors (Lipinski definition) is 3. The summed E-state index contributed by atoms with van der Waals surface area (Å²) in [4.78, 5) is 17.7.